The molecule has 0 aliphatic carbocycles. The average molecular weight is 545 g/mol. The van der Waals surface area contributed by atoms with E-state index in [0.29, 0.717) is 13.2 Å². The van der Waals surface area contributed by atoms with Gasteiger partial charge in [-0.05, 0) is 55.3 Å². The summed E-state index contributed by atoms with van der Waals surface area (Å²) in [6.07, 6.45) is -1.49. The molecule has 12 heteroatoms. The number of halogens is 4. The third-order valence-electron chi connectivity index (χ3n) is 6.73. The largest absolute Gasteiger partial charge is 0.573 e. The molecule has 2 N–H and O–H groups in total. The molecule has 0 unspecified atom stereocenters. The summed E-state index contributed by atoms with van der Waals surface area (Å²) in [7, 11) is 0. The number of benzene rings is 2. The monoisotopic (exact) mass is 544 g/mol. The lowest BCUT2D eigenvalue weighted by molar-refractivity contribution is -0.274. The van der Waals surface area contributed by atoms with Crippen LogP contribution < -0.4 is 15.4 Å². The fourth-order valence-corrected chi connectivity index (χ4v) is 4.87. The lowest BCUT2D eigenvalue weighted by Gasteiger charge is -2.31. The molecule has 2 aliphatic rings. The van der Waals surface area contributed by atoms with Crippen molar-refractivity contribution in [1.82, 2.24) is 9.88 Å². The van der Waals surface area contributed by atoms with Crippen LogP contribution in [0.3, 0.4) is 0 Å². The highest BCUT2D eigenvalue weighted by molar-refractivity contribution is 6.07. The molecule has 1 aromatic heterocycles. The summed E-state index contributed by atoms with van der Waals surface area (Å²) in [5.41, 5.74) is 0.129. The van der Waals surface area contributed by atoms with Gasteiger partial charge in [0.2, 0.25) is 5.91 Å². The number of anilines is 2. The van der Waals surface area contributed by atoms with Gasteiger partial charge in [0.25, 0.3) is 5.91 Å². The number of pyridine rings is 1. The van der Waals surface area contributed by atoms with Crippen molar-refractivity contribution < 1.29 is 36.6 Å². The molecule has 204 valence electrons. The maximum atomic E-state index is 14.1. The number of morpholine rings is 1. The first-order chi connectivity index (χ1) is 18.6. The number of amides is 2. The van der Waals surface area contributed by atoms with E-state index in [9.17, 15) is 27.2 Å². The van der Waals surface area contributed by atoms with Crippen LogP contribution in [0, 0.1) is 5.82 Å². The van der Waals surface area contributed by atoms with Crippen LogP contribution in [0.2, 0.25) is 0 Å². The molecule has 2 amide bonds. The molecular formula is C27H24F4N4O4. The summed E-state index contributed by atoms with van der Waals surface area (Å²) >= 11 is 0. The second-order valence-electron chi connectivity index (χ2n) is 9.35. The van der Waals surface area contributed by atoms with Crippen molar-refractivity contribution in [2.45, 2.75) is 37.9 Å². The molecule has 2 aromatic carbocycles. The van der Waals surface area contributed by atoms with E-state index in [2.05, 4.69) is 20.4 Å². The van der Waals surface area contributed by atoms with Crippen LogP contribution in [0.15, 0.2) is 60.9 Å². The Kier molecular flexibility index (Phi) is 7.23. The third kappa shape index (κ3) is 6.02. The number of rotatable bonds is 7. The number of aromatic nitrogens is 1. The maximum Gasteiger partial charge on any atom is 0.573 e. The highest BCUT2D eigenvalue weighted by atomic mass is 19.4. The van der Waals surface area contributed by atoms with Gasteiger partial charge in [0.05, 0.1) is 35.7 Å². The van der Waals surface area contributed by atoms with Crippen molar-refractivity contribution in [2.24, 2.45) is 0 Å². The Balaban J connectivity index is 1.53. The molecule has 2 bridgehead atoms. The summed E-state index contributed by atoms with van der Waals surface area (Å²) in [5.74, 6) is -2.51. The fourth-order valence-electron chi connectivity index (χ4n) is 4.87. The zero-order valence-electron chi connectivity index (χ0n) is 20.7. The topological polar surface area (TPSA) is 92.8 Å². The van der Waals surface area contributed by atoms with E-state index >= 15 is 0 Å². The van der Waals surface area contributed by atoms with Gasteiger partial charge in [-0.2, -0.15) is 0 Å². The SMILES string of the molecule is C[C@H](C(=O)Nc1cc(NC(=O)c2cccnc2)c(-c2cccc(F)c2)cc1OC(F)(F)F)N1C[C@@H]2C[C@H]1CO2. The first kappa shape index (κ1) is 26.6. The van der Waals surface area contributed by atoms with Crippen LogP contribution >= 0.6 is 0 Å². The van der Waals surface area contributed by atoms with Gasteiger partial charge in [0.1, 0.15) is 5.82 Å². The zero-order chi connectivity index (χ0) is 27.7. The van der Waals surface area contributed by atoms with E-state index in [4.69, 9.17) is 4.74 Å². The maximum absolute atomic E-state index is 14.1. The number of nitrogens with one attached hydrogen (secondary N) is 2. The van der Waals surface area contributed by atoms with Gasteiger partial charge < -0.3 is 20.1 Å². The lowest BCUT2D eigenvalue weighted by Crippen LogP contribution is -2.48. The zero-order valence-corrected chi connectivity index (χ0v) is 20.7. The van der Waals surface area contributed by atoms with Crippen LogP contribution in [0.5, 0.6) is 5.75 Å². The minimum atomic E-state index is -5.09. The normalized spacial score (nSPS) is 19.5. The van der Waals surface area contributed by atoms with Gasteiger partial charge >= 0.3 is 6.36 Å². The predicted molar refractivity (Wildman–Crippen MR) is 134 cm³/mol. The number of carbonyl (C=O) groups is 2. The van der Waals surface area contributed by atoms with Crippen molar-refractivity contribution in [2.75, 3.05) is 23.8 Å². The molecule has 3 heterocycles. The molecular weight excluding hydrogens is 520 g/mol. The summed E-state index contributed by atoms with van der Waals surface area (Å²) < 4.78 is 64.1. The standard InChI is InChI=1S/C27H24F4N4O4/c1-15(35-13-20-9-19(35)14-38-20)25(36)34-23-11-22(33-26(37)17-5-3-7-32-12-17)21(10-24(23)39-27(29,30)31)16-4-2-6-18(28)8-16/h2-8,10-12,15,19-20H,9,13-14H2,1H3,(H,33,37)(H,34,36)/t15-,19+,20+/m1/s1. The van der Waals surface area contributed by atoms with Gasteiger partial charge in [-0.3, -0.25) is 19.5 Å². The van der Waals surface area contributed by atoms with Gasteiger partial charge in [-0.15, -0.1) is 13.2 Å². The number of fused-ring (bicyclic) bond motifs is 2. The van der Waals surface area contributed by atoms with E-state index in [1.165, 1.54) is 42.7 Å². The molecule has 0 spiro atoms. The first-order valence-electron chi connectivity index (χ1n) is 12.2. The van der Waals surface area contributed by atoms with Crippen LogP contribution in [0.25, 0.3) is 11.1 Å². The minimum Gasteiger partial charge on any atom is -0.404 e. The number of ether oxygens (including phenoxy) is 2. The molecule has 8 nitrogen and oxygen atoms in total. The summed E-state index contributed by atoms with van der Waals surface area (Å²) in [5, 5.41) is 5.17. The minimum absolute atomic E-state index is 0.0224. The van der Waals surface area contributed by atoms with Crippen LogP contribution in [-0.2, 0) is 9.53 Å². The number of nitrogens with zero attached hydrogens (tertiary/aromatic N) is 2. The van der Waals surface area contributed by atoms with Gasteiger partial charge in [0, 0.05) is 30.5 Å². The summed E-state index contributed by atoms with van der Waals surface area (Å²) in [6.45, 7) is 2.68. The van der Waals surface area contributed by atoms with E-state index in [1.807, 2.05) is 4.90 Å². The number of likely N-dealkylation sites (tertiary alicyclic amines) is 1. The van der Waals surface area contributed by atoms with Gasteiger partial charge in [-0.1, -0.05) is 12.1 Å². The van der Waals surface area contributed by atoms with Crippen LogP contribution in [0.4, 0.5) is 28.9 Å². The van der Waals surface area contributed by atoms with Gasteiger partial charge in [0.15, 0.2) is 5.75 Å². The highest BCUT2D eigenvalue weighted by Gasteiger charge is 2.43. The van der Waals surface area contributed by atoms with Crippen LogP contribution in [-0.4, -0.2) is 59.4 Å². The molecule has 3 atom stereocenters. The van der Waals surface area contributed by atoms with E-state index in [-0.39, 0.29) is 40.2 Å². The second-order valence-corrected chi connectivity index (χ2v) is 9.35. The number of carbonyl (C=O) groups excluding carboxylic acids is 2. The van der Waals surface area contributed by atoms with Crippen LogP contribution in [0.1, 0.15) is 23.7 Å². The quantitative estimate of drug-likeness (QED) is 0.414. The molecule has 3 aromatic rings. The Bertz CT molecular complexity index is 1390. The molecule has 2 aliphatic heterocycles. The Hall–Kier alpha value is -4.03. The first-order valence-corrected chi connectivity index (χ1v) is 12.2. The second kappa shape index (κ2) is 10.6. The summed E-state index contributed by atoms with van der Waals surface area (Å²) in [6, 6.07) is 9.74. The van der Waals surface area contributed by atoms with E-state index < -0.39 is 35.8 Å². The molecule has 0 radical (unpaired) electrons. The Morgan fingerprint density at radius 3 is 2.59 bits per heavy atom. The molecule has 0 saturated carbocycles. The molecule has 2 saturated heterocycles. The number of hydrogen-bond donors (Lipinski definition) is 2. The average Bonchev–Trinajstić information content (AvgIpc) is 3.53. The van der Waals surface area contributed by atoms with Gasteiger partial charge in [-0.25, -0.2) is 4.39 Å². The van der Waals surface area contributed by atoms with Crippen molar-refractivity contribution >= 4 is 23.2 Å². The molecule has 5 rings (SSSR count). The molecule has 2 fully saturated rings. The van der Waals surface area contributed by atoms with Crippen molar-refractivity contribution in [3.63, 3.8) is 0 Å². The Labute approximate surface area is 220 Å². The number of hydrogen-bond acceptors (Lipinski definition) is 6. The predicted octanol–water partition coefficient (Wildman–Crippen LogP) is 4.84. The van der Waals surface area contributed by atoms with Crippen molar-refractivity contribution in [3.05, 3.63) is 72.3 Å². The smallest absolute Gasteiger partial charge is 0.404 e. The molecule has 39 heavy (non-hydrogen) atoms. The Morgan fingerprint density at radius 2 is 1.95 bits per heavy atom. The number of alkyl halides is 3. The highest BCUT2D eigenvalue weighted by Crippen LogP contribution is 2.40. The van der Waals surface area contributed by atoms with Crippen molar-refractivity contribution in [3.8, 4) is 16.9 Å². The fraction of sp³-hybridized carbons (Fsp3) is 0.296. The Morgan fingerprint density at radius 1 is 1.13 bits per heavy atom. The lowest BCUT2D eigenvalue weighted by atomic mass is 10.0. The van der Waals surface area contributed by atoms with Crippen molar-refractivity contribution in [1.29, 1.82) is 0 Å². The third-order valence-corrected chi connectivity index (χ3v) is 6.73. The summed E-state index contributed by atoms with van der Waals surface area (Å²) in [4.78, 5) is 31.9. The van der Waals surface area contributed by atoms with E-state index in [0.717, 1.165) is 18.6 Å². The van der Waals surface area contributed by atoms with E-state index in [1.54, 1.807) is 13.0 Å².